The summed E-state index contributed by atoms with van der Waals surface area (Å²) in [7, 11) is 1.66. The van der Waals surface area contributed by atoms with Gasteiger partial charge in [-0.1, -0.05) is 0 Å². The smallest absolute Gasteiger partial charge is 0.228 e. The Morgan fingerprint density at radius 2 is 2.18 bits per heavy atom. The average molecular weight is 337 g/mol. The zero-order valence-corrected chi connectivity index (χ0v) is 14.4. The van der Waals surface area contributed by atoms with Gasteiger partial charge in [0, 0.05) is 19.8 Å². The van der Waals surface area contributed by atoms with Crippen LogP contribution in [-0.4, -0.2) is 64.7 Å². The van der Waals surface area contributed by atoms with Gasteiger partial charge in [0.25, 0.3) is 0 Å². The van der Waals surface area contributed by atoms with Crippen LogP contribution in [0.3, 0.4) is 0 Å². The highest BCUT2D eigenvalue weighted by molar-refractivity contribution is 5.85. The van der Waals surface area contributed by atoms with Crippen LogP contribution in [0.15, 0.2) is 0 Å². The zero-order chi connectivity index (χ0) is 15.1. The fourth-order valence-corrected chi connectivity index (χ4v) is 2.96. The summed E-state index contributed by atoms with van der Waals surface area (Å²) in [6, 6.07) is 0.00159. The van der Waals surface area contributed by atoms with Gasteiger partial charge >= 0.3 is 0 Å². The molecule has 2 N–H and O–H groups in total. The van der Waals surface area contributed by atoms with E-state index in [9.17, 15) is 4.79 Å². The molecule has 2 unspecified atom stereocenters. The molecule has 0 aliphatic carbocycles. The molecule has 1 amide bonds. The Morgan fingerprint density at radius 1 is 1.45 bits per heavy atom. The average Bonchev–Trinajstić information content (AvgIpc) is 3.00. The van der Waals surface area contributed by atoms with Crippen molar-refractivity contribution in [3.8, 4) is 0 Å². The lowest BCUT2D eigenvalue weighted by Gasteiger charge is -2.36. The quantitative estimate of drug-likeness (QED) is 0.717. The van der Waals surface area contributed by atoms with Gasteiger partial charge in [0.05, 0.1) is 31.3 Å². The van der Waals surface area contributed by atoms with Gasteiger partial charge in [0.1, 0.15) is 0 Å². The van der Waals surface area contributed by atoms with Crippen LogP contribution in [0.4, 0.5) is 0 Å². The van der Waals surface area contributed by atoms with E-state index < -0.39 is 5.41 Å². The van der Waals surface area contributed by atoms with E-state index in [0.29, 0.717) is 19.8 Å². The number of piperidine rings is 1. The minimum absolute atomic E-state index is 0. The molecule has 2 fully saturated rings. The number of rotatable bonds is 7. The monoisotopic (exact) mass is 336 g/mol. The number of carbonyl (C=O) groups is 1. The molecule has 0 aromatic heterocycles. The Morgan fingerprint density at radius 3 is 2.77 bits per heavy atom. The second kappa shape index (κ2) is 9.67. The van der Waals surface area contributed by atoms with Crippen LogP contribution in [0, 0.1) is 5.41 Å². The van der Waals surface area contributed by atoms with Gasteiger partial charge < -0.3 is 24.8 Å². The Kier molecular flexibility index (Phi) is 8.64. The standard InChI is InChI=1S/C15H28N2O4.ClH/c1-12(9-21-13-3-8-20-10-13)17-14(18)15(11-19-2)4-6-16-7-5-15;/h12-13,16H,3-11H2,1-2H3,(H,17,18);1H. The predicted molar refractivity (Wildman–Crippen MR) is 86.4 cm³/mol. The van der Waals surface area contributed by atoms with Crippen molar-refractivity contribution < 1.29 is 19.0 Å². The van der Waals surface area contributed by atoms with E-state index in [1.807, 2.05) is 6.92 Å². The highest BCUT2D eigenvalue weighted by atomic mass is 35.5. The molecular formula is C15H29ClN2O4. The van der Waals surface area contributed by atoms with E-state index in [1.165, 1.54) is 0 Å². The maximum atomic E-state index is 12.6. The van der Waals surface area contributed by atoms with E-state index in [2.05, 4.69) is 10.6 Å². The maximum absolute atomic E-state index is 12.6. The number of amides is 1. The van der Waals surface area contributed by atoms with Gasteiger partial charge in [0.2, 0.25) is 5.91 Å². The number of ether oxygens (including phenoxy) is 3. The highest BCUT2D eigenvalue weighted by Crippen LogP contribution is 2.29. The number of hydrogen-bond donors (Lipinski definition) is 2. The van der Waals surface area contributed by atoms with Gasteiger partial charge in [-0.25, -0.2) is 0 Å². The molecule has 0 saturated carbocycles. The summed E-state index contributed by atoms with van der Waals surface area (Å²) < 4.78 is 16.3. The molecule has 7 heteroatoms. The molecule has 0 spiro atoms. The summed E-state index contributed by atoms with van der Waals surface area (Å²) in [6.07, 6.45) is 2.75. The Labute approximate surface area is 139 Å². The van der Waals surface area contributed by atoms with Crippen LogP contribution in [0.5, 0.6) is 0 Å². The minimum Gasteiger partial charge on any atom is -0.384 e. The molecule has 2 aliphatic heterocycles. The number of nitrogens with one attached hydrogen (secondary N) is 2. The third-order valence-corrected chi connectivity index (χ3v) is 4.31. The van der Waals surface area contributed by atoms with Crippen molar-refractivity contribution in [1.82, 2.24) is 10.6 Å². The third kappa shape index (κ3) is 5.35. The summed E-state index contributed by atoms with van der Waals surface area (Å²) in [4.78, 5) is 12.6. The van der Waals surface area contributed by atoms with Crippen molar-refractivity contribution in [3.05, 3.63) is 0 Å². The molecule has 0 aromatic rings. The second-order valence-corrected chi connectivity index (χ2v) is 6.16. The van der Waals surface area contributed by atoms with Crippen LogP contribution in [-0.2, 0) is 19.0 Å². The number of carbonyl (C=O) groups excluding carboxylic acids is 1. The van der Waals surface area contributed by atoms with Crippen LogP contribution < -0.4 is 10.6 Å². The molecule has 2 atom stereocenters. The Balaban J connectivity index is 0.00000242. The largest absolute Gasteiger partial charge is 0.384 e. The van der Waals surface area contributed by atoms with Gasteiger partial charge in [-0.2, -0.15) is 0 Å². The molecule has 130 valence electrons. The molecular weight excluding hydrogens is 308 g/mol. The second-order valence-electron chi connectivity index (χ2n) is 6.16. The van der Waals surface area contributed by atoms with E-state index in [0.717, 1.165) is 39.0 Å². The van der Waals surface area contributed by atoms with E-state index in [-0.39, 0.29) is 30.5 Å². The van der Waals surface area contributed by atoms with Crippen molar-refractivity contribution in [1.29, 1.82) is 0 Å². The Hall–Kier alpha value is -0.400. The normalized spacial score (nSPS) is 25.3. The van der Waals surface area contributed by atoms with Gasteiger partial charge in [-0.05, 0) is 39.3 Å². The fraction of sp³-hybridized carbons (Fsp3) is 0.933. The first-order valence-electron chi connectivity index (χ1n) is 7.86. The molecule has 22 heavy (non-hydrogen) atoms. The molecule has 2 saturated heterocycles. The van der Waals surface area contributed by atoms with Crippen LogP contribution in [0.2, 0.25) is 0 Å². The molecule has 0 bridgehead atoms. The van der Waals surface area contributed by atoms with E-state index in [4.69, 9.17) is 14.2 Å². The number of methoxy groups -OCH3 is 1. The lowest BCUT2D eigenvalue weighted by atomic mass is 9.78. The van der Waals surface area contributed by atoms with Crippen molar-refractivity contribution in [2.75, 3.05) is 46.6 Å². The Bertz CT molecular complexity index is 326. The van der Waals surface area contributed by atoms with Gasteiger partial charge in [0.15, 0.2) is 0 Å². The van der Waals surface area contributed by atoms with E-state index >= 15 is 0 Å². The zero-order valence-electron chi connectivity index (χ0n) is 13.6. The maximum Gasteiger partial charge on any atom is 0.228 e. The van der Waals surface area contributed by atoms with E-state index in [1.54, 1.807) is 7.11 Å². The first-order valence-corrected chi connectivity index (χ1v) is 7.86. The summed E-state index contributed by atoms with van der Waals surface area (Å²) in [6.45, 7) is 6.15. The topological polar surface area (TPSA) is 68.8 Å². The third-order valence-electron chi connectivity index (χ3n) is 4.31. The lowest BCUT2D eigenvalue weighted by Crippen LogP contribution is -2.52. The molecule has 2 aliphatic rings. The van der Waals surface area contributed by atoms with Crippen LogP contribution >= 0.6 is 12.4 Å². The summed E-state index contributed by atoms with van der Waals surface area (Å²) >= 11 is 0. The number of halogens is 1. The fourth-order valence-electron chi connectivity index (χ4n) is 2.96. The predicted octanol–water partition coefficient (Wildman–Crippen LogP) is 0.735. The first kappa shape index (κ1) is 19.6. The minimum atomic E-state index is -0.398. The van der Waals surface area contributed by atoms with Gasteiger partial charge in [-0.3, -0.25) is 4.79 Å². The van der Waals surface area contributed by atoms with Crippen molar-refractivity contribution >= 4 is 18.3 Å². The lowest BCUT2D eigenvalue weighted by molar-refractivity contribution is -0.137. The molecule has 2 rings (SSSR count). The highest BCUT2D eigenvalue weighted by Gasteiger charge is 2.40. The molecule has 0 radical (unpaired) electrons. The van der Waals surface area contributed by atoms with Crippen molar-refractivity contribution in [2.45, 2.75) is 38.3 Å². The summed E-state index contributed by atoms with van der Waals surface area (Å²) in [5, 5.41) is 6.38. The molecule has 2 heterocycles. The summed E-state index contributed by atoms with van der Waals surface area (Å²) in [5.41, 5.74) is -0.398. The van der Waals surface area contributed by atoms with Gasteiger partial charge in [-0.15, -0.1) is 12.4 Å². The molecule has 0 aromatic carbocycles. The number of hydrogen-bond acceptors (Lipinski definition) is 5. The molecule has 6 nitrogen and oxygen atoms in total. The SMILES string of the molecule is COCC1(C(=O)NC(C)COC2CCOC2)CCNCC1.Cl. The summed E-state index contributed by atoms with van der Waals surface area (Å²) in [5.74, 6) is 0.0876. The van der Waals surface area contributed by atoms with Crippen LogP contribution in [0.25, 0.3) is 0 Å². The van der Waals surface area contributed by atoms with Crippen molar-refractivity contribution in [2.24, 2.45) is 5.41 Å². The first-order chi connectivity index (χ1) is 10.2. The van der Waals surface area contributed by atoms with Crippen LogP contribution in [0.1, 0.15) is 26.2 Å². The van der Waals surface area contributed by atoms with Crippen molar-refractivity contribution in [3.63, 3.8) is 0 Å².